The Labute approximate surface area is 188 Å². The van der Waals surface area contributed by atoms with E-state index in [1.165, 1.54) is 6.07 Å². The van der Waals surface area contributed by atoms with E-state index in [4.69, 9.17) is 9.47 Å². The summed E-state index contributed by atoms with van der Waals surface area (Å²) < 4.78 is 11.3. The summed E-state index contributed by atoms with van der Waals surface area (Å²) in [6.07, 6.45) is 4.56. The standard InChI is InChI=1S/C26H32N2O4/c1-31-15-12-19-10-13-28(14-11-19)17-22(29)18-32-24-8-6-20-4-2-3-5-23(20)26(24)21-7-9-25(30)27-16-21/h2-9,16,19,22,29H,10-15,17-18H2,1H3,(H,27,30). The molecule has 0 aliphatic carbocycles. The van der Waals surface area contributed by atoms with Gasteiger partial charge < -0.3 is 24.5 Å². The molecule has 1 aromatic heterocycles. The molecule has 2 aromatic carbocycles. The first kappa shape index (κ1) is 22.5. The number of β-amino-alcohol motifs (C(OH)–C–C–N with tert-alkyl or cyclic N) is 1. The van der Waals surface area contributed by atoms with Crippen LogP contribution in [-0.4, -0.2) is 61.1 Å². The summed E-state index contributed by atoms with van der Waals surface area (Å²) in [5, 5.41) is 12.8. The normalized spacial score (nSPS) is 16.3. The minimum absolute atomic E-state index is 0.141. The fourth-order valence-corrected chi connectivity index (χ4v) is 4.51. The first-order valence-electron chi connectivity index (χ1n) is 11.4. The maximum Gasteiger partial charge on any atom is 0.247 e. The van der Waals surface area contributed by atoms with Gasteiger partial charge in [0.15, 0.2) is 0 Å². The lowest BCUT2D eigenvalue weighted by atomic mass is 9.94. The SMILES string of the molecule is COCCC1CCN(CC(O)COc2ccc3ccccc3c2-c2ccc(=O)[nH]c2)CC1. The van der Waals surface area contributed by atoms with Crippen LogP contribution in [0.4, 0.5) is 0 Å². The van der Waals surface area contributed by atoms with Crippen LogP contribution in [0.2, 0.25) is 0 Å². The molecule has 0 radical (unpaired) electrons. The van der Waals surface area contributed by atoms with Crippen LogP contribution < -0.4 is 10.3 Å². The second-order valence-corrected chi connectivity index (χ2v) is 8.59. The van der Waals surface area contributed by atoms with Crippen molar-refractivity contribution in [2.24, 2.45) is 5.92 Å². The van der Waals surface area contributed by atoms with Crippen LogP contribution in [0.5, 0.6) is 5.75 Å². The largest absolute Gasteiger partial charge is 0.490 e. The number of pyridine rings is 1. The molecule has 0 spiro atoms. The predicted octanol–water partition coefficient (Wildman–Crippen LogP) is 3.68. The van der Waals surface area contributed by atoms with Crippen LogP contribution in [0.15, 0.2) is 59.5 Å². The number of nitrogens with one attached hydrogen (secondary N) is 1. The third kappa shape index (κ3) is 5.57. The van der Waals surface area contributed by atoms with Crippen molar-refractivity contribution < 1.29 is 14.6 Å². The second-order valence-electron chi connectivity index (χ2n) is 8.59. The van der Waals surface area contributed by atoms with E-state index in [9.17, 15) is 9.90 Å². The van der Waals surface area contributed by atoms with Crippen LogP contribution in [0.25, 0.3) is 21.9 Å². The number of aromatic amines is 1. The molecule has 1 fully saturated rings. The van der Waals surface area contributed by atoms with Gasteiger partial charge in [0.25, 0.3) is 0 Å². The van der Waals surface area contributed by atoms with E-state index in [1.54, 1.807) is 19.4 Å². The van der Waals surface area contributed by atoms with E-state index >= 15 is 0 Å². The van der Waals surface area contributed by atoms with Gasteiger partial charge in [0.2, 0.25) is 5.56 Å². The number of hydrogen-bond donors (Lipinski definition) is 2. The van der Waals surface area contributed by atoms with Gasteiger partial charge in [-0.05, 0) is 61.2 Å². The molecule has 2 heterocycles. The number of H-pyrrole nitrogens is 1. The lowest BCUT2D eigenvalue weighted by Gasteiger charge is -2.33. The number of ether oxygens (including phenoxy) is 2. The third-order valence-electron chi connectivity index (χ3n) is 6.30. The summed E-state index contributed by atoms with van der Waals surface area (Å²) in [4.78, 5) is 16.6. The number of hydrogen-bond acceptors (Lipinski definition) is 5. The number of rotatable bonds is 9. The molecule has 2 N–H and O–H groups in total. The Morgan fingerprint density at radius 1 is 1.12 bits per heavy atom. The summed E-state index contributed by atoms with van der Waals surface area (Å²) >= 11 is 0. The van der Waals surface area contributed by atoms with Gasteiger partial charge in [-0.15, -0.1) is 0 Å². The molecule has 3 aromatic rings. The van der Waals surface area contributed by atoms with E-state index in [1.807, 2.05) is 30.3 Å². The highest BCUT2D eigenvalue weighted by atomic mass is 16.5. The molecule has 1 aliphatic rings. The number of methoxy groups -OCH3 is 1. The fourth-order valence-electron chi connectivity index (χ4n) is 4.51. The van der Waals surface area contributed by atoms with Gasteiger partial charge >= 0.3 is 0 Å². The second kappa shape index (κ2) is 10.8. The van der Waals surface area contributed by atoms with Crippen molar-refractivity contribution in [1.29, 1.82) is 0 Å². The number of benzene rings is 2. The molecular weight excluding hydrogens is 404 g/mol. The lowest BCUT2D eigenvalue weighted by molar-refractivity contribution is 0.0518. The number of aliphatic hydroxyl groups is 1. The minimum Gasteiger partial charge on any atom is -0.490 e. The molecule has 1 aliphatic heterocycles. The molecule has 6 nitrogen and oxygen atoms in total. The lowest BCUT2D eigenvalue weighted by Crippen LogP contribution is -2.40. The Balaban J connectivity index is 1.42. The zero-order valence-corrected chi connectivity index (χ0v) is 18.6. The number of likely N-dealkylation sites (tertiary alicyclic amines) is 1. The Morgan fingerprint density at radius 3 is 2.69 bits per heavy atom. The first-order chi connectivity index (χ1) is 15.6. The van der Waals surface area contributed by atoms with E-state index in [0.29, 0.717) is 12.3 Å². The molecule has 32 heavy (non-hydrogen) atoms. The van der Waals surface area contributed by atoms with Crippen molar-refractivity contribution >= 4 is 10.8 Å². The van der Waals surface area contributed by atoms with Gasteiger partial charge in [-0.3, -0.25) is 4.79 Å². The highest BCUT2D eigenvalue weighted by molar-refractivity contribution is 5.99. The zero-order valence-electron chi connectivity index (χ0n) is 18.6. The Hall–Kier alpha value is -2.67. The highest BCUT2D eigenvalue weighted by Gasteiger charge is 2.21. The van der Waals surface area contributed by atoms with Gasteiger partial charge in [0.1, 0.15) is 18.5 Å². The van der Waals surface area contributed by atoms with Crippen LogP contribution >= 0.6 is 0 Å². The van der Waals surface area contributed by atoms with Crippen molar-refractivity contribution in [3.05, 3.63) is 65.1 Å². The Bertz CT molecular complexity index is 1050. The summed E-state index contributed by atoms with van der Waals surface area (Å²) in [6, 6.07) is 15.4. The maximum atomic E-state index is 11.5. The number of piperidine rings is 1. The van der Waals surface area contributed by atoms with E-state index in [-0.39, 0.29) is 12.2 Å². The van der Waals surface area contributed by atoms with Crippen molar-refractivity contribution in [3.8, 4) is 16.9 Å². The number of aliphatic hydroxyl groups excluding tert-OH is 1. The molecular formula is C26H32N2O4. The molecule has 1 unspecified atom stereocenters. The van der Waals surface area contributed by atoms with Crippen molar-refractivity contribution in [2.75, 3.05) is 40.0 Å². The third-order valence-corrected chi connectivity index (χ3v) is 6.30. The van der Waals surface area contributed by atoms with Crippen LogP contribution in [0, 0.1) is 5.92 Å². The van der Waals surface area contributed by atoms with Gasteiger partial charge in [0.05, 0.1) is 0 Å². The maximum absolute atomic E-state index is 11.5. The van der Waals surface area contributed by atoms with E-state index in [2.05, 4.69) is 16.0 Å². The summed E-state index contributed by atoms with van der Waals surface area (Å²) in [5.41, 5.74) is 1.66. The van der Waals surface area contributed by atoms with Gasteiger partial charge in [0, 0.05) is 43.7 Å². The quantitative estimate of drug-likeness (QED) is 0.535. The van der Waals surface area contributed by atoms with Crippen LogP contribution in [-0.2, 0) is 4.74 Å². The molecule has 0 saturated carbocycles. The first-order valence-corrected chi connectivity index (χ1v) is 11.4. The van der Waals surface area contributed by atoms with Crippen molar-refractivity contribution in [2.45, 2.75) is 25.4 Å². The van der Waals surface area contributed by atoms with Crippen molar-refractivity contribution in [3.63, 3.8) is 0 Å². The van der Waals surface area contributed by atoms with Crippen molar-refractivity contribution in [1.82, 2.24) is 9.88 Å². The predicted molar refractivity (Wildman–Crippen MR) is 127 cm³/mol. The number of aromatic nitrogens is 1. The molecule has 6 heteroatoms. The van der Waals surface area contributed by atoms with Gasteiger partial charge in [-0.1, -0.05) is 30.3 Å². The molecule has 170 valence electrons. The molecule has 1 saturated heterocycles. The molecule has 0 amide bonds. The highest BCUT2D eigenvalue weighted by Crippen LogP contribution is 2.36. The molecule has 0 bridgehead atoms. The average Bonchev–Trinajstić information content (AvgIpc) is 2.82. The summed E-state index contributed by atoms with van der Waals surface area (Å²) in [5.74, 6) is 1.42. The zero-order chi connectivity index (χ0) is 22.3. The summed E-state index contributed by atoms with van der Waals surface area (Å²) in [7, 11) is 1.75. The van der Waals surface area contributed by atoms with E-state index in [0.717, 1.165) is 66.8 Å². The fraction of sp³-hybridized carbons (Fsp3) is 0.423. The van der Waals surface area contributed by atoms with Gasteiger partial charge in [-0.2, -0.15) is 0 Å². The average molecular weight is 437 g/mol. The Morgan fingerprint density at radius 2 is 1.94 bits per heavy atom. The monoisotopic (exact) mass is 436 g/mol. The Kier molecular flexibility index (Phi) is 7.58. The smallest absolute Gasteiger partial charge is 0.247 e. The topological polar surface area (TPSA) is 74.8 Å². The van der Waals surface area contributed by atoms with Crippen LogP contribution in [0.3, 0.4) is 0 Å². The van der Waals surface area contributed by atoms with E-state index < -0.39 is 6.10 Å². The minimum atomic E-state index is -0.569. The number of fused-ring (bicyclic) bond motifs is 1. The van der Waals surface area contributed by atoms with Gasteiger partial charge in [-0.25, -0.2) is 0 Å². The summed E-state index contributed by atoms with van der Waals surface area (Å²) in [6.45, 7) is 3.66. The number of nitrogens with zero attached hydrogens (tertiary/aromatic N) is 1. The molecule has 1 atom stereocenters. The van der Waals surface area contributed by atoms with Crippen LogP contribution in [0.1, 0.15) is 19.3 Å². The molecule has 4 rings (SSSR count).